The van der Waals surface area contributed by atoms with E-state index in [-0.39, 0.29) is 9.77 Å². The maximum Gasteiger partial charge on any atom is 0.353 e. The van der Waals surface area contributed by atoms with Crippen molar-refractivity contribution in [2.45, 2.75) is 4.90 Å². The van der Waals surface area contributed by atoms with Gasteiger partial charge in [0.25, 0.3) is 0 Å². The molecule has 0 unspecified atom stereocenters. The van der Waals surface area contributed by atoms with E-state index in [0.29, 0.717) is 37.8 Å². The second-order valence-electron chi connectivity index (χ2n) is 5.23. The molecule has 1 aromatic heterocycles. The van der Waals surface area contributed by atoms with Crippen molar-refractivity contribution in [3.8, 4) is 11.5 Å². The van der Waals surface area contributed by atoms with Gasteiger partial charge in [-0.05, 0) is 30.3 Å². The van der Waals surface area contributed by atoms with Crippen molar-refractivity contribution in [2.75, 3.05) is 33.4 Å². The first-order chi connectivity index (χ1) is 12.0. The van der Waals surface area contributed by atoms with Gasteiger partial charge in [0.1, 0.15) is 16.4 Å². The average molecular weight is 383 g/mol. The summed E-state index contributed by atoms with van der Waals surface area (Å²) in [5.41, 5.74) is 0. The summed E-state index contributed by atoms with van der Waals surface area (Å²) >= 11 is 1.04. The molecule has 0 radical (unpaired) electrons. The van der Waals surface area contributed by atoms with Crippen LogP contribution in [0.15, 0.2) is 40.6 Å². The van der Waals surface area contributed by atoms with Gasteiger partial charge in [-0.15, -0.1) is 11.3 Å². The minimum atomic E-state index is -3.62. The van der Waals surface area contributed by atoms with Gasteiger partial charge in [-0.2, -0.15) is 4.31 Å². The molecule has 2 aromatic rings. The molecule has 1 aliphatic rings. The molecule has 2 heterocycles. The monoisotopic (exact) mass is 383 g/mol. The molecule has 1 aromatic carbocycles. The molecule has 0 bridgehead atoms. The van der Waals surface area contributed by atoms with Gasteiger partial charge in [0.05, 0.1) is 25.2 Å². The lowest BCUT2D eigenvalue weighted by Crippen LogP contribution is -2.40. The number of thiophene rings is 1. The van der Waals surface area contributed by atoms with Crippen LogP contribution in [0.4, 0.5) is 0 Å². The molecule has 0 spiro atoms. The minimum absolute atomic E-state index is 0.0982. The number of esters is 1. The van der Waals surface area contributed by atoms with Crippen LogP contribution >= 0.6 is 11.3 Å². The number of nitrogens with zero attached hydrogens (tertiary/aromatic N) is 1. The van der Waals surface area contributed by atoms with Crippen LogP contribution < -0.4 is 9.47 Å². The molecular weight excluding hydrogens is 366 g/mol. The van der Waals surface area contributed by atoms with Crippen molar-refractivity contribution in [3.63, 3.8) is 0 Å². The number of hydrogen-bond donors (Lipinski definition) is 0. The van der Waals surface area contributed by atoms with E-state index in [2.05, 4.69) is 0 Å². The molecule has 1 aliphatic heterocycles. The van der Waals surface area contributed by atoms with Crippen LogP contribution in [0.25, 0.3) is 0 Å². The predicted molar refractivity (Wildman–Crippen MR) is 91.8 cm³/mol. The number of benzene rings is 1. The van der Waals surface area contributed by atoms with Crippen LogP contribution in [0.3, 0.4) is 0 Å². The van der Waals surface area contributed by atoms with E-state index in [1.807, 2.05) is 0 Å². The molecule has 0 saturated carbocycles. The molecule has 9 heteroatoms. The Morgan fingerprint density at radius 2 is 1.80 bits per heavy atom. The van der Waals surface area contributed by atoms with Crippen LogP contribution in [-0.4, -0.2) is 52.1 Å². The van der Waals surface area contributed by atoms with Gasteiger partial charge >= 0.3 is 5.97 Å². The van der Waals surface area contributed by atoms with Gasteiger partial charge in [0.2, 0.25) is 10.0 Å². The summed E-state index contributed by atoms with van der Waals surface area (Å²) in [6.45, 7) is 1.36. The molecule has 1 saturated heterocycles. The Kier molecular flexibility index (Phi) is 5.38. The van der Waals surface area contributed by atoms with E-state index < -0.39 is 16.0 Å². The molecule has 3 rings (SSSR count). The molecular formula is C16H17NO6S2. The normalized spacial score (nSPS) is 15.7. The minimum Gasteiger partial charge on any atom is -0.497 e. The molecule has 25 heavy (non-hydrogen) atoms. The summed E-state index contributed by atoms with van der Waals surface area (Å²) < 4.78 is 42.0. The fourth-order valence-corrected chi connectivity index (χ4v) is 4.84. The van der Waals surface area contributed by atoms with Crippen LogP contribution in [0.5, 0.6) is 11.5 Å². The van der Waals surface area contributed by atoms with E-state index >= 15 is 0 Å². The van der Waals surface area contributed by atoms with Crippen LogP contribution in [0.1, 0.15) is 9.67 Å². The molecule has 0 amide bonds. The molecule has 134 valence electrons. The summed E-state index contributed by atoms with van der Waals surface area (Å²) in [4.78, 5) is 12.5. The summed E-state index contributed by atoms with van der Waals surface area (Å²) in [5.74, 6) is 0.408. The number of morpholine rings is 1. The molecule has 0 aliphatic carbocycles. The summed E-state index contributed by atoms with van der Waals surface area (Å²) in [7, 11) is -2.07. The molecule has 1 fully saturated rings. The Balaban J connectivity index is 1.72. The van der Waals surface area contributed by atoms with Crippen molar-refractivity contribution in [3.05, 3.63) is 40.6 Å². The zero-order valence-corrected chi connectivity index (χ0v) is 15.1. The lowest BCUT2D eigenvalue weighted by Gasteiger charge is -2.25. The van der Waals surface area contributed by atoms with Crippen LogP contribution in [0, 0.1) is 0 Å². The van der Waals surface area contributed by atoms with Crippen molar-refractivity contribution in [2.24, 2.45) is 0 Å². The van der Waals surface area contributed by atoms with Gasteiger partial charge in [0, 0.05) is 18.5 Å². The first-order valence-electron chi connectivity index (χ1n) is 7.53. The Morgan fingerprint density at radius 3 is 2.44 bits per heavy atom. The number of carbonyl (C=O) groups excluding carboxylic acids is 1. The van der Waals surface area contributed by atoms with Crippen molar-refractivity contribution in [1.29, 1.82) is 0 Å². The van der Waals surface area contributed by atoms with E-state index in [0.717, 1.165) is 11.3 Å². The largest absolute Gasteiger partial charge is 0.497 e. The maximum atomic E-state index is 12.6. The lowest BCUT2D eigenvalue weighted by atomic mass is 10.3. The number of sulfonamides is 1. The van der Waals surface area contributed by atoms with E-state index in [1.54, 1.807) is 31.4 Å². The maximum absolute atomic E-state index is 12.6. The third-order valence-electron chi connectivity index (χ3n) is 3.65. The molecule has 7 nitrogen and oxygen atoms in total. The summed E-state index contributed by atoms with van der Waals surface area (Å²) in [5, 5.41) is 1.45. The first-order valence-corrected chi connectivity index (χ1v) is 9.85. The Bertz CT molecular complexity index is 838. The highest BCUT2D eigenvalue weighted by Gasteiger charge is 2.28. The zero-order valence-electron chi connectivity index (χ0n) is 13.5. The summed E-state index contributed by atoms with van der Waals surface area (Å²) in [6, 6.07) is 7.91. The smallest absolute Gasteiger partial charge is 0.353 e. The van der Waals surface area contributed by atoms with Gasteiger partial charge < -0.3 is 14.2 Å². The van der Waals surface area contributed by atoms with Gasteiger partial charge in [-0.3, -0.25) is 0 Å². The highest BCUT2D eigenvalue weighted by molar-refractivity contribution is 7.89. The fourth-order valence-electron chi connectivity index (χ4n) is 2.30. The van der Waals surface area contributed by atoms with Gasteiger partial charge in [-0.25, -0.2) is 13.2 Å². The quantitative estimate of drug-likeness (QED) is 0.580. The Morgan fingerprint density at radius 1 is 1.16 bits per heavy atom. The van der Waals surface area contributed by atoms with E-state index in [9.17, 15) is 13.2 Å². The highest BCUT2D eigenvalue weighted by Crippen LogP contribution is 2.25. The van der Waals surface area contributed by atoms with Crippen molar-refractivity contribution >= 4 is 27.3 Å². The van der Waals surface area contributed by atoms with Gasteiger partial charge in [-0.1, -0.05) is 0 Å². The SMILES string of the molecule is COc1ccc(OC(=O)c2cc(S(=O)(=O)N3CCOCC3)cs2)cc1. The third-order valence-corrected chi connectivity index (χ3v) is 6.59. The molecule has 0 N–H and O–H groups in total. The number of rotatable bonds is 5. The van der Waals surface area contributed by atoms with E-state index in [4.69, 9.17) is 14.2 Å². The second-order valence-corrected chi connectivity index (χ2v) is 8.08. The highest BCUT2D eigenvalue weighted by atomic mass is 32.2. The van der Waals surface area contributed by atoms with Crippen molar-refractivity contribution < 1.29 is 27.4 Å². The Hall–Kier alpha value is -1.94. The number of methoxy groups -OCH3 is 1. The standard InChI is InChI=1S/C16H17NO6S2/c1-21-12-2-4-13(5-3-12)23-16(18)15-10-14(11-24-15)25(19,20)17-6-8-22-9-7-17/h2-5,10-11H,6-9H2,1H3. The number of ether oxygens (including phenoxy) is 3. The topological polar surface area (TPSA) is 82.1 Å². The van der Waals surface area contributed by atoms with Crippen LogP contribution in [-0.2, 0) is 14.8 Å². The molecule has 0 atom stereocenters. The van der Waals surface area contributed by atoms with E-state index in [1.165, 1.54) is 15.8 Å². The fraction of sp³-hybridized carbons (Fsp3) is 0.312. The van der Waals surface area contributed by atoms with Gasteiger partial charge in [0.15, 0.2) is 0 Å². The third kappa shape index (κ3) is 4.01. The average Bonchev–Trinajstić information content (AvgIpc) is 3.14. The first kappa shape index (κ1) is 17.9. The zero-order chi connectivity index (χ0) is 17.9. The number of hydrogen-bond acceptors (Lipinski definition) is 7. The number of carbonyl (C=O) groups is 1. The predicted octanol–water partition coefficient (Wildman–Crippen LogP) is 2.00. The van der Waals surface area contributed by atoms with Crippen molar-refractivity contribution in [1.82, 2.24) is 4.31 Å². The van der Waals surface area contributed by atoms with Crippen LogP contribution in [0.2, 0.25) is 0 Å². The Labute approximate surface area is 149 Å². The summed E-state index contributed by atoms with van der Waals surface area (Å²) in [6.07, 6.45) is 0. The second kappa shape index (κ2) is 7.52. The lowest BCUT2D eigenvalue weighted by molar-refractivity contribution is 0.0729.